The van der Waals surface area contributed by atoms with Crippen LogP contribution in [0.2, 0.25) is 0 Å². The minimum atomic E-state index is -4.53. The normalized spacial score (nSPS) is 13.5. The van der Waals surface area contributed by atoms with E-state index in [1.54, 1.807) is 0 Å². The maximum atomic E-state index is 13.1. The molecule has 20 heavy (non-hydrogen) atoms. The SMILES string of the molecule is CC(CO)CCCNCc1cc(F)cc(C(F)(F)F)c1. The third-order valence-electron chi connectivity index (χ3n) is 2.98. The Bertz CT molecular complexity index is 420. The fourth-order valence-corrected chi connectivity index (χ4v) is 1.82. The first kappa shape index (κ1) is 16.9. The summed E-state index contributed by atoms with van der Waals surface area (Å²) in [6.07, 6.45) is -2.89. The van der Waals surface area contributed by atoms with Gasteiger partial charge in [-0.05, 0) is 49.1 Å². The van der Waals surface area contributed by atoms with Crippen LogP contribution in [0.15, 0.2) is 18.2 Å². The zero-order valence-electron chi connectivity index (χ0n) is 11.3. The average molecular weight is 293 g/mol. The fourth-order valence-electron chi connectivity index (χ4n) is 1.82. The molecule has 2 N–H and O–H groups in total. The van der Waals surface area contributed by atoms with E-state index in [0.717, 1.165) is 25.0 Å². The van der Waals surface area contributed by atoms with Crippen LogP contribution in [-0.2, 0) is 12.7 Å². The molecule has 114 valence electrons. The Morgan fingerprint density at radius 2 is 1.95 bits per heavy atom. The molecule has 0 aliphatic rings. The van der Waals surface area contributed by atoms with Crippen molar-refractivity contribution in [2.24, 2.45) is 5.92 Å². The van der Waals surface area contributed by atoms with Crippen molar-refractivity contribution in [1.82, 2.24) is 5.32 Å². The van der Waals surface area contributed by atoms with Crippen LogP contribution in [0.1, 0.15) is 30.9 Å². The maximum absolute atomic E-state index is 13.1. The standard InChI is InChI=1S/C14H19F4NO/c1-10(9-20)3-2-4-19-8-11-5-12(14(16,17)18)7-13(15)6-11/h5-7,10,19-20H,2-4,8-9H2,1H3. The molecule has 6 heteroatoms. The molecule has 0 aromatic heterocycles. The number of rotatable bonds is 7. The monoisotopic (exact) mass is 293 g/mol. The summed E-state index contributed by atoms with van der Waals surface area (Å²) in [5, 5.41) is 11.8. The molecule has 0 amide bonds. The summed E-state index contributed by atoms with van der Waals surface area (Å²) in [7, 11) is 0. The summed E-state index contributed by atoms with van der Waals surface area (Å²) in [4.78, 5) is 0. The van der Waals surface area contributed by atoms with Crippen LogP contribution in [0.5, 0.6) is 0 Å². The van der Waals surface area contributed by atoms with Crippen molar-refractivity contribution in [3.63, 3.8) is 0 Å². The van der Waals surface area contributed by atoms with E-state index in [1.807, 2.05) is 6.92 Å². The summed E-state index contributed by atoms with van der Waals surface area (Å²) in [6, 6.07) is 2.54. The molecule has 2 nitrogen and oxygen atoms in total. The highest BCUT2D eigenvalue weighted by Crippen LogP contribution is 2.30. The average Bonchev–Trinajstić information content (AvgIpc) is 2.36. The molecule has 0 saturated heterocycles. The van der Waals surface area contributed by atoms with E-state index in [1.165, 1.54) is 0 Å². The van der Waals surface area contributed by atoms with E-state index in [-0.39, 0.29) is 24.6 Å². The molecule has 0 spiro atoms. The molecular weight excluding hydrogens is 274 g/mol. The van der Waals surface area contributed by atoms with Crippen molar-refractivity contribution in [2.75, 3.05) is 13.2 Å². The molecule has 0 radical (unpaired) electrons. The van der Waals surface area contributed by atoms with Gasteiger partial charge in [-0.2, -0.15) is 13.2 Å². The highest BCUT2D eigenvalue weighted by molar-refractivity contribution is 5.26. The highest BCUT2D eigenvalue weighted by Gasteiger charge is 2.31. The van der Waals surface area contributed by atoms with Crippen LogP contribution in [-0.4, -0.2) is 18.3 Å². The van der Waals surface area contributed by atoms with Crippen LogP contribution >= 0.6 is 0 Å². The number of benzene rings is 1. The molecule has 0 bridgehead atoms. The summed E-state index contributed by atoms with van der Waals surface area (Å²) in [6.45, 7) is 2.84. The number of aliphatic hydroxyl groups is 1. The number of halogens is 4. The Kier molecular flexibility index (Phi) is 6.42. The topological polar surface area (TPSA) is 32.3 Å². The first-order valence-electron chi connectivity index (χ1n) is 6.51. The lowest BCUT2D eigenvalue weighted by molar-refractivity contribution is -0.137. The van der Waals surface area contributed by atoms with Crippen LogP contribution < -0.4 is 5.32 Å². The van der Waals surface area contributed by atoms with Crippen molar-refractivity contribution in [2.45, 2.75) is 32.5 Å². The summed E-state index contributed by atoms with van der Waals surface area (Å²) < 4.78 is 50.7. The molecule has 0 saturated carbocycles. The Morgan fingerprint density at radius 3 is 2.55 bits per heavy atom. The summed E-state index contributed by atoms with van der Waals surface area (Å²) in [5.41, 5.74) is -0.698. The van der Waals surface area contributed by atoms with Gasteiger partial charge in [-0.1, -0.05) is 6.92 Å². The molecule has 0 fully saturated rings. The lowest BCUT2D eigenvalue weighted by Gasteiger charge is -2.11. The minimum absolute atomic E-state index is 0.124. The lowest BCUT2D eigenvalue weighted by Crippen LogP contribution is -2.17. The first-order chi connectivity index (χ1) is 9.32. The number of hydrogen-bond donors (Lipinski definition) is 2. The van der Waals surface area contributed by atoms with Crippen molar-refractivity contribution < 1.29 is 22.7 Å². The molecule has 0 aliphatic heterocycles. The molecular formula is C14H19F4NO. The van der Waals surface area contributed by atoms with E-state index in [4.69, 9.17) is 5.11 Å². The second-order valence-electron chi connectivity index (χ2n) is 4.95. The lowest BCUT2D eigenvalue weighted by atomic mass is 10.1. The van der Waals surface area contributed by atoms with Gasteiger partial charge in [-0.25, -0.2) is 4.39 Å². The van der Waals surface area contributed by atoms with E-state index in [9.17, 15) is 17.6 Å². The molecule has 1 aromatic rings. The Balaban J connectivity index is 2.46. The fraction of sp³-hybridized carbons (Fsp3) is 0.571. The van der Waals surface area contributed by atoms with Gasteiger partial charge < -0.3 is 10.4 Å². The van der Waals surface area contributed by atoms with Gasteiger partial charge in [0.05, 0.1) is 5.56 Å². The number of aliphatic hydroxyl groups excluding tert-OH is 1. The Hall–Kier alpha value is -1.14. The zero-order valence-corrected chi connectivity index (χ0v) is 11.3. The quantitative estimate of drug-likeness (QED) is 0.597. The van der Waals surface area contributed by atoms with Gasteiger partial charge in [-0.15, -0.1) is 0 Å². The second kappa shape index (κ2) is 7.59. The van der Waals surface area contributed by atoms with Gasteiger partial charge in [0.2, 0.25) is 0 Å². The van der Waals surface area contributed by atoms with E-state index in [2.05, 4.69) is 5.32 Å². The van der Waals surface area contributed by atoms with E-state index < -0.39 is 17.6 Å². The third-order valence-corrected chi connectivity index (χ3v) is 2.98. The largest absolute Gasteiger partial charge is 0.416 e. The van der Waals surface area contributed by atoms with Gasteiger partial charge >= 0.3 is 6.18 Å². The van der Waals surface area contributed by atoms with Crippen LogP contribution in [0.3, 0.4) is 0 Å². The highest BCUT2D eigenvalue weighted by atomic mass is 19.4. The van der Waals surface area contributed by atoms with E-state index >= 15 is 0 Å². The summed E-state index contributed by atoms with van der Waals surface area (Å²) in [5.74, 6) is -0.673. The van der Waals surface area contributed by atoms with Crippen LogP contribution in [0.25, 0.3) is 0 Å². The molecule has 1 atom stereocenters. The van der Waals surface area contributed by atoms with Crippen LogP contribution in [0, 0.1) is 11.7 Å². The van der Waals surface area contributed by atoms with Gasteiger partial charge in [0.25, 0.3) is 0 Å². The Labute approximate surface area is 115 Å². The zero-order chi connectivity index (χ0) is 15.2. The minimum Gasteiger partial charge on any atom is -0.396 e. The van der Waals surface area contributed by atoms with Crippen molar-refractivity contribution >= 4 is 0 Å². The van der Waals surface area contributed by atoms with Gasteiger partial charge in [0.1, 0.15) is 5.82 Å². The number of alkyl halides is 3. The van der Waals surface area contributed by atoms with Crippen molar-refractivity contribution in [3.8, 4) is 0 Å². The predicted molar refractivity (Wildman–Crippen MR) is 68.6 cm³/mol. The van der Waals surface area contributed by atoms with Gasteiger partial charge in [-0.3, -0.25) is 0 Å². The maximum Gasteiger partial charge on any atom is 0.416 e. The van der Waals surface area contributed by atoms with Crippen molar-refractivity contribution in [3.05, 3.63) is 35.1 Å². The third kappa shape index (κ3) is 5.88. The number of nitrogens with one attached hydrogen (secondary N) is 1. The smallest absolute Gasteiger partial charge is 0.396 e. The summed E-state index contributed by atoms with van der Waals surface area (Å²) >= 11 is 0. The Morgan fingerprint density at radius 1 is 1.25 bits per heavy atom. The number of hydrogen-bond acceptors (Lipinski definition) is 2. The van der Waals surface area contributed by atoms with Gasteiger partial charge in [0, 0.05) is 13.2 Å². The second-order valence-corrected chi connectivity index (χ2v) is 4.95. The van der Waals surface area contributed by atoms with E-state index in [0.29, 0.717) is 12.6 Å². The molecule has 0 heterocycles. The van der Waals surface area contributed by atoms with Crippen molar-refractivity contribution in [1.29, 1.82) is 0 Å². The molecule has 1 aromatic carbocycles. The van der Waals surface area contributed by atoms with Crippen LogP contribution in [0.4, 0.5) is 17.6 Å². The van der Waals surface area contributed by atoms with Gasteiger partial charge in [0.15, 0.2) is 0 Å². The molecule has 1 rings (SSSR count). The molecule has 1 unspecified atom stereocenters. The predicted octanol–water partition coefficient (Wildman–Crippen LogP) is 3.34. The molecule has 0 aliphatic carbocycles. The first-order valence-corrected chi connectivity index (χ1v) is 6.51.